The zero-order valence-corrected chi connectivity index (χ0v) is 14.1. The molecule has 7 heteroatoms. The third-order valence-corrected chi connectivity index (χ3v) is 5.11. The number of benzene rings is 1. The fourth-order valence-electron chi connectivity index (χ4n) is 2.84. The van der Waals surface area contributed by atoms with Crippen LogP contribution < -0.4 is 0 Å². The molecular weight excluding hydrogens is 328 g/mol. The highest BCUT2D eigenvalue weighted by atomic mass is 32.1. The van der Waals surface area contributed by atoms with E-state index in [4.69, 9.17) is 9.84 Å². The smallest absolute Gasteiger partial charge is 0.306 e. The molecule has 1 aromatic heterocycles. The van der Waals surface area contributed by atoms with E-state index in [1.165, 1.54) is 4.70 Å². The predicted molar refractivity (Wildman–Crippen MR) is 91.1 cm³/mol. The SMILES string of the molecule is O=C(O)C[C@H]1CN(C(=O)CCCc2nc3ccccc3s2)CCO1. The lowest BCUT2D eigenvalue weighted by atomic mass is 10.1. The molecule has 2 aromatic rings. The van der Waals surface area contributed by atoms with E-state index in [2.05, 4.69) is 11.1 Å². The van der Waals surface area contributed by atoms with Crippen molar-refractivity contribution >= 4 is 33.4 Å². The summed E-state index contributed by atoms with van der Waals surface area (Å²) in [5.41, 5.74) is 1.01. The van der Waals surface area contributed by atoms with Crippen LogP contribution in [0.5, 0.6) is 0 Å². The Balaban J connectivity index is 1.47. The van der Waals surface area contributed by atoms with E-state index in [-0.39, 0.29) is 12.3 Å². The van der Waals surface area contributed by atoms with Crippen LogP contribution in [0.25, 0.3) is 10.2 Å². The lowest BCUT2D eigenvalue weighted by molar-refractivity contribution is -0.147. The molecule has 6 nitrogen and oxygen atoms in total. The van der Waals surface area contributed by atoms with Gasteiger partial charge in [0, 0.05) is 19.5 Å². The number of nitrogens with zero attached hydrogens (tertiary/aromatic N) is 2. The monoisotopic (exact) mass is 348 g/mol. The van der Waals surface area contributed by atoms with Gasteiger partial charge in [0.2, 0.25) is 5.91 Å². The summed E-state index contributed by atoms with van der Waals surface area (Å²) in [6.45, 7) is 1.31. The Labute approximate surface area is 144 Å². The second-order valence-electron chi connectivity index (χ2n) is 5.86. The minimum absolute atomic E-state index is 0.0600. The molecule has 3 rings (SSSR count). The van der Waals surface area contributed by atoms with Crippen LogP contribution in [0.1, 0.15) is 24.3 Å². The molecular formula is C17H20N2O4S. The van der Waals surface area contributed by atoms with Gasteiger partial charge in [-0.25, -0.2) is 4.98 Å². The molecule has 1 aliphatic rings. The van der Waals surface area contributed by atoms with E-state index in [0.29, 0.717) is 26.1 Å². The Morgan fingerprint density at radius 2 is 2.21 bits per heavy atom. The highest BCUT2D eigenvalue weighted by molar-refractivity contribution is 7.18. The van der Waals surface area contributed by atoms with Crippen molar-refractivity contribution in [1.82, 2.24) is 9.88 Å². The van der Waals surface area contributed by atoms with Gasteiger partial charge in [0.15, 0.2) is 0 Å². The van der Waals surface area contributed by atoms with E-state index in [1.807, 2.05) is 18.2 Å². The quantitative estimate of drug-likeness (QED) is 0.867. The van der Waals surface area contributed by atoms with E-state index < -0.39 is 12.1 Å². The van der Waals surface area contributed by atoms with Crippen molar-refractivity contribution in [2.45, 2.75) is 31.8 Å². The summed E-state index contributed by atoms with van der Waals surface area (Å²) < 4.78 is 6.56. The zero-order valence-electron chi connectivity index (χ0n) is 13.3. The average Bonchev–Trinajstić information content (AvgIpc) is 2.97. The maximum atomic E-state index is 12.3. The van der Waals surface area contributed by atoms with Crippen LogP contribution in [0, 0.1) is 0 Å². The molecule has 0 saturated carbocycles. The number of carbonyl (C=O) groups excluding carboxylic acids is 1. The normalized spacial score (nSPS) is 18.0. The van der Waals surface area contributed by atoms with E-state index in [9.17, 15) is 9.59 Å². The van der Waals surface area contributed by atoms with Gasteiger partial charge in [-0.3, -0.25) is 9.59 Å². The van der Waals surface area contributed by atoms with Crippen LogP contribution in [0.15, 0.2) is 24.3 Å². The van der Waals surface area contributed by atoms with Crippen LogP contribution in [0.3, 0.4) is 0 Å². The molecule has 128 valence electrons. The lowest BCUT2D eigenvalue weighted by Gasteiger charge is -2.32. The lowest BCUT2D eigenvalue weighted by Crippen LogP contribution is -2.46. The van der Waals surface area contributed by atoms with Gasteiger partial charge in [-0.15, -0.1) is 11.3 Å². The van der Waals surface area contributed by atoms with Crippen LogP contribution in [-0.4, -0.2) is 52.7 Å². The molecule has 1 atom stereocenters. The molecule has 0 spiro atoms. The Kier molecular flexibility index (Phi) is 5.42. The van der Waals surface area contributed by atoms with Crippen LogP contribution in [0.2, 0.25) is 0 Å². The number of morpholine rings is 1. The second-order valence-corrected chi connectivity index (χ2v) is 6.97. The zero-order chi connectivity index (χ0) is 16.9. The molecule has 1 aromatic carbocycles. The third-order valence-electron chi connectivity index (χ3n) is 4.01. The summed E-state index contributed by atoms with van der Waals surface area (Å²) in [7, 11) is 0. The number of hydrogen-bond acceptors (Lipinski definition) is 5. The summed E-state index contributed by atoms with van der Waals surface area (Å²) in [6.07, 6.45) is 1.53. The molecule has 0 aliphatic carbocycles. The number of ether oxygens (including phenoxy) is 1. The van der Waals surface area contributed by atoms with Crippen LogP contribution in [-0.2, 0) is 20.7 Å². The van der Waals surface area contributed by atoms with Crippen molar-refractivity contribution in [3.05, 3.63) is 29.3 Å². The molecule has 24 heavy (non-hydrogen) atoms. The molecule has 2 heterocycles. The number of carboxylic acid groups (broad SMARTS) is 1. The number of aryl methyl sites for hydroxylation is 1. The van der Waals surface area contributed by atoms with Crippen molar-refractivity contribution in [3.63, 3.8) is 0 Å². The first-order valence-corrected chi connectivity index (χ1v) is 8.89. The summed E-state index contributed by atoms with van der Waals surface area (Å²) in [4.78, 5) is 29.3. The highest BCUT2D eigenvalue weighted by Crippen LogP contribution is 2.23. The van der Waals surface area contributed by atoms with E-state index in [1.54, 1.807) is 16.2 Å². The first-order chi connectivity index (χ1) is 11.6. The molecule has 1 N–H and O–H groups in total. The third kappa shape index (κ3) is 4.30. The standard InChI is InChI=1S/C17H20N2O4S/c20-16(19-8-9-23-12(11-19)10-17(21)22)7-3-6-15-18-13-4-1-2-5-14(13)24-15/h1-2,4-5,12H,3,6-11H2,(H,21,22)/t12-/m0/s1. The van der Waals surface area contributed by atoms with Crippen molar-refractivity contribution in [1.29, 1.82) is 0 Å². The van der Waals surface area contributed by atoms with Crippen molar-refractivity contribution in [2.75, 3.05) is 19.7 Å². The van der Waals surface area contributed by atoms with E-state index >= 15 is 0 Å². The first-order valence-electron chi connectivity index (χ1n) is 8.07. The number of para-hydroxylation sites is 1. The van der Waals surface area contributed by atoms with Crippen molar-refractivity contribution in [2.24, 2.45) is 0 Å². The van der Waals surface area contributed by atoms with Gasteiger partial charge in [-0.05, 0) is 25.0 Å². The summed E-state index contributed by atoms with van der Waals surface area (Å²) in [6, 6.07) is 8.02. The predicted octanol–water partition coefficient (Wildman–Crippen LogP) is 2.32. The molecule has 0 unspecified atom stereocenters. The highest BCUT2D eigenvalue weighted by Gasteiger charge is 2.25. The van der Waals surface area contributed by atoms with Crippen LogP contribution >= 0.6 is 11.3 Å². The topological polar surface area (TPSA) is 79.7 Å². The Morgan fingerprint density at radius 1 is 1.38 bits per heavy atom. The summed E-state index contributed by atoms with van der Waals surface area (Å²) >= 11 is 1.67. The summed E-state index contributed by atoms with van der Waals surface area (Å²) in [5, 5.41) is 9.88. The maximum absolute atomic E-state index is 12.3. The van der Waals surface area contributed by atoms with Gasteiger partial charge in [0.1, 0.15) is 0 Å². The molecule has 1 fully saturated rings. The average molecular weight is 348 g/mol. The minimum Gasteiger partial charge on any atom is -0.481 e. The number of aromatic nitrogens is 1. The Morgan fingerprint density at radius 3 is 3.00 bits per heavy atom. The number of amides is 1. The van der Waals surface area contributed by atoms with Crippen molar-refractivity contribution < 1.29 is 19.4 Å². The Bertz CT molecular complexity index is 697. The minimum atomic E-state index is -0.898. The fraction of sp³-hybridized carbons (Fsp3) is 0.471. The number of thiazole rings is 1. The first kappa shape index (κ1) is 16.9. The van der Waals surface area contributed by atoms with Gasteiger partial charge in [0.05, 0.1) is 34.4 Å². The number of hydrogen-bond donors (Lipinski definition) is 1. The largest absolute Gasteiger partial charge is 0.481 e. The molecule has 1 saturated heterocycles. The van der Waals surface area contributed by atoms with E-state index in [0.717, 1.165) is 23.4 Å². The van der Waals surface area contributed by atoms with Crippen LogP contribution in [0.4, 0.5) is 0 Å². The second kappa shape index (κ2) is 7.72. The van der Waals surface area contributed by atoms with Gasteiger partial charge < -0.3 is 14.7 Å². The summed E-state index contributed by atoms with van der Waals surface area (Å²) in [5.74, 6) is -0.833. The number of carboxylic acids is 1. The number of aliphatic carboxylic acids is 1. The number of fused-ring (bicyclic) bond motifs is 1. The molecule has 1 amide bonds. The number of rotatable bonds is 6. The number of carbonyl (C=O) groups is 2. The molecule has 0 radical (unpaired) electrons. The van der Waals surface area contributed by atoms with Gasteiger partial charge in [-0.2, -0.15) is 0 Å². The van der Waals surface area contributed by atoms with Crippen molar-refractivity contribution in [3.8, 4) is 0 Å². The molecule has 1 aliphatic heterocycles. The fourth-order valence-corrected chi connectivity index (χ4v) is 3.85. The van der Waals surface area contributed by atoms with Gasteiger partial charge >= 0.3 is 5.97 Å². The Hall–Kier alpha value is -1.99. The molecule has 0 bridgehead atoms. The van der Waals surface area contributed by atoms with Gasteiger partial charge in [0.25, 0.3) is 0 Å². The maximum Gasteiger partial charge on any atom is 0.306 e. The van der Waals surface area contributed by atoms with Gasteiger partial charge in [-0.1, -0.05) is 12.1 Å².